The maximum absolute atomic E-state index is 12.5. The molecule has 0 radical (unpaired) electrons. The molecule has 35 heavy (non-hydrogen) atoms. The minimum atomic E-state index is -0.625. The lowest BCUT2D eigenvalue weighted by atomic mass is 9.71. The number of carbonyl (C=O) groups excluding carboxylic acids is 1. The third-order valence-corrected chi connectivity index (χ3v) is 9.42. The largest absolute Gasteiger partial charge is 0.467 e. The summed E-state index contributed by atoms with van der Waals surface area (Å²) in [6.45, 7) is 4.40. The Morgan fingerprint density at radius 1 is 0.943 bits per heavy atom. The molecule has 6 rings (SSSR count). The monoisotopic (exact) mass is 477 g/mol. The number of rotatable bonds is 5. The number of hydroxylamine groups is 2. The highest BCUT2D eigenvalue weighted by Crippen LogP contribution is 2.59. The first-order chi connectivity index (χ1) is 17.0. The van der Waals surface area contributed by atoms with Crippen LogP contribution in [0.25, 0.3) is 0 Å². The van der Waals surface area contributed by atoms with Crippen molar-refractivity contribution in [2.45, 2.75) is 75.4 Å². The van der Waals surface area contributed by atoms with E-state index in [0.717, 1.165) is 32.1 Å². The number of hydrogen-bond acceptors (Lipinski definition) is 6. The summed E-state index contributed by atoms with van der Waals surface area (Å²) in [7, 11) is 1.42. The fraction of sp³-hybridized carbons (Fsp3) is 0.552. The molecule has 6 nitrogen and oxygen atoms in total. The zero-order valence-corrected chi connectivity index (χ0v) is 20.8. The molecule has 4 aliphatic rings. The minimum absolute atomic E-state index is 0.0275. The van der Waals surface area contributed by atoms with Gasteiger partial charge in [-0.2, -0.15) is 0 Å². The lowest BCUT2D eigenvalue weighted by Crippen LogP contribution is -2.59. The van der Waals surface area contributed by atoms with Crippen LogP contribution in [0.2, 0.25) is 0 Å². The quantitative estimate of drug-likeness (QED) is 0.564. The number of benzene rings is 2. The van der Waals surface area contributed by atoms with Crippen LogP contribution in [-0.2, 0) is 29.4 Å². The topological polar surface area (TPSA) is 57.2 Å². The van der Waals surface area contributed by atoms with Crippen molar-refractivity contribution in [1.29, 1.82) is 0 Å². The zero-order chi connectivity index (χ0) is 24.2. The molecule has 0 unspecified atom stereocenters. The highest BCUT2D eigenvalue weighted by atomic mass is 17.0. The lowest BCUT2D eigenvalue weighted by molar-refractivity contribution is -0.473. The van der Waals surface area contributed by atoms with Crippen molar-refractivity contribution in [3.05, 3.63) is 71.8 Å². The van der Waals surface area contributed by atoms with Crippen LogP contribution >= 0.6 is 0 Å². The van der Waals surface area contributed by atoms with Gasteiger partial charge in [-0.25, -0.2) is 9.63 Å². The van der Waals surface area contributed by atoms with Crippen molar-refractivity contribution < 1.29 is 23.9 Å². The summed E-state index contributed by atoms with van der Waals surface area (Å²) < 4.78 is 12.0. The first kappa shape index (κ1) is 23.2. The van der Waals surface area contributed by atoms with E-state index >= 15 is 0 Å². The van der Waals surface area contributed by atoms with Crippen LogP contribution in [-0.4, -0.2) is 42.3 Å². The second-order valence-corrected chi connectivity index (χ2v) is 10.9. The molecule has 0 N–H and O–H groups in total. The molecule has 0 aromatic heterocycles. The van der Waals surface area contributed by atoms with E-state index in [1.54, 1.807) is 5.23 Å². The number of nitrogens with zero attached hydrogens (tertiary/aromatic N) is 1. The van der Waals surface area contributed by atoms with Crippen LogP contribution in [0.15, 0.2) is 60.7 Å². The molecule has 6 heteroatoms. The van der Waals surface area contributed by atoms with Crippen LogP contribution < -0.4 is 0 Å². The van der Waals surface area contributed by atoms with E-state index in [1.807, 2.05) is 0 Å². The van der Waals surface area contributed by atoms with Gasteiger partial charge in [0.1, 0.15) is 0 Å². The summed E-state index contributed by atoms with van der Waals surface area (Å²) in [6.07, 6.45) is 3.92. The lowest BCUT2D eigenvalue weighted by Gasteiger charge is -2.49. The van der Waals surface area contributed by atoms with Gasteiger partial charge in [-0.1, -0.05) is 72.8 Å². The van der Waals surface area contributed by atoms with Gasteiger partial charge in [0.15, 0.2) is 12.4 Å². The molecule has 7 atom stereocenters. The van der Waals surface area contributed by atoms with Crippen molar-refractivity contribution in [2.75, 3.05) is 7.11 Å². The van der Waals surface area contributed by atoms with Gasteiger partial charge in [0, 0.05) is 17.3 Å². The molecular formula is C29H35NO5. The van der Waals surface area contributed by atoms with Gasteiger partial charge < -0.3 is 9.47 Å². The van der Waals surface area contributed by atoms with Crippen molar-refractivity contribution in [2.24, 2.45) is 17.8 Å². The van der Waals surface area contributed by atoms with Gasteiger partial charge in [0.2, 0.25) is 0 Å². The third kappa shape index (κ3) is 3.34. The molecule has 2 saturated heterocycles. The van der Waals surface area contributed by atoms with Crippen LogP contribution in [0, 0.1) is 17.8 Å². The van der Waals surface area contributed by atoms with E-state index in [9.17, 15) is 4.79 Å². The molecule has 2 aromatic carbocycles. The molecule has 0 bridgehead atoms. The first-order valence-electron chi connectivity index (χ1n) is 13.0. The standard InChI is InChI=1S/C29H35NO5/c1-19-22-16-17-23-25(26(31)32-3)34-30(28(22,23)2)35-27(19)33-24-15-10-18-29(24,20-11-6-4-7-12-20)21-13-8-5-9-14-21/h4-9,11-14,19,22-25,27H,10,15-18H2,1-3H3/t19-,22-,23+,24+,25-,27-,28+/m0/s1. The normalized spacial score (nSPS) is 37.8. The molecule has 2 heterocycles. The molecule has 4 fully saturated rings. The Morgan fingerprint density at radius 2 is 1.57 bits per heavy atom. The summed E-state index contributed by atoms with van der Waals surface area (Å²) in [6, 6.07) is 21.5. The third-order valence-electron chi connectivity index (χ3n) is 9.42. The minimum Gasteiger partial charge on any atom is -0.467 e. The fourth-order valence-electron chi connectivity index (χ4n) is 7.64. The van der Waals surface area contributed by atoms with Crippen LogP contribution in [0.1, 0.15) is 57.1 Å². The molecule has 2 aliphatic heterocycles. The van der Waals surface area contributed by atoms with E-state index in [-0.39, 0.29) is 34.9 Å². The van der Waals surface area contributed by atoms with E-state index in [4.69, 9.17) is 19.1 Å². The van der Waals surface area contributed by atoms with E-state index in [0.29, 0.717) is 5.92 Å². The molecule has 2 aliphatic carbocycles. The second kappa shape index (κ2) is 8.70. The Balaban J connectivity index is 1.32. The number of carbonyl (C=O) groups is 1. The SMILES string of the molecule is COC(=O)[C@H]1ON2O[C@H](O[C@@H]3CCCC3(c3ccccc3)c3ccccc3)[C@@H](C)[C@@H]3CC[C@H]1[C@@]32C. The van der Waals surface area contributed by atoms with E-state index < -0.39 is 12.4 Å². The maximum atomic E-state index is 12.5. The Labute approximate surface area is 207 Å². The van der Waals surface area contributed by atoms with Gasteiger partial charge in [-0.3, -0.25) is 4.84 Å². The summed E-state index contributed by atoms with van der Waals surface area (Å²) in [5.74, 6) is 0.210. The van der Waals surface area contributed by atoms with E-state index in [1.165, 1.54) is 18.2 Å². The van der Waals surface area contributed by atoms with Gasteiger partial charge >= 0.3 is 5.97 Å². The number of esters is 1. The predicted molar refractivity (Wildman–Crippen MR) is 130 cm³/mol. The molecule has 2 saturated carbocycles. The Hall–Kier alpha value is -2.25. The zero-order valence-electron chi connectivity index (χ0n) is 20.8. The highest BCUT2D eigenvalue weighted by molar-refractivity contribution is 5.75. The number of hydrogen-bond donors (Lipinski definition) is 0. The maximum Gasteiger partial charge on any atom is 0.337 e. The van der Waals surface area contributed by atoms with Gasteiger partial charge in [-0.15, -0.1) is 0 Å². The molecule has 186 valence electrons. The van der Waals surface area contributed by atoms with E-state index in [2.05, 4.69) is 74.5 Å². The average Bonchev–Trinajstić information content (AvgIpc) is 3.56. The van der Waals surface area contributed by atoms with Gasteiger partial charge in [0.25, 0.3) is 0 Å². The van der Waals surface area contributed by atoms with Crippen LogP contribution in [0.4, 0.5) is 0 Å². The molecule has 0 amide bonds. The van der Waals surface area contributed by atoms with Crippen molar-refractivity contribution in [1.82, 2.24) is 5.23 Å². The van der Waals surface area contributed by atoms with Crippen molar-refractivity contribution in [3.63, 3.8) is 0 Å². The number of ether oxygens (including phenoxy) is 2. The Morgan fingerprint density at radius 3 is 2.20 bits per heavy atom. The smallest absolute Gasteiger partial charge is 0.337 e. The van der Waals surface area contributed by atoms with Crippen molar-refractivity contribution in [3.8, 4) is 0 Å². The van der Waals surface area contributed by atoms with Crippen LogP contribution in [0.3, 0.4) is 0 Å². The predicted octanol–water partition coefficient (Wildman–Crippen LogP) is 5.02. The summed E-state index contributed by atoms with van der Waals surface area (Å²) in [5, 5.41) is 1.60. The molecular weight excluding hydrogens is 442 g/mol. The fourth-order valence-corrected chi connectivity index (χ4v) is 7.64. The summed E-state index contributed by atoms with van der Waals surface area (Å²) in [5.41, 5.74) is 1.98. The van der Waals surface area contributed by atoms with Gasteiger partial charge in [0.05, 0.1) is 18.8 Å². The van der Waals surface area contributed by atoms with Crippen molar-refractivity contribution >= 4 is 5.97 Å². The molecule has 2 aromatic rings. The highest BCUT2D eigenvalue weighted by Gasteiger charge is 2.68. The Kier molecular flexibility index (Phi) is 5.76. The number of methoxy groups -OCH3 is 1. The molecule has 0 spiro atoms. The second-order valence-electron chi connectivity index (χ2n) is 10.9. The first-order valence-corrected chi connectivity index (χ1v) is 13.0. The average molecular weight is 478 g/mol. The van der Waals surface area contributed by atoms with Crippen LogP contribution in [0.5, 0.6) is 0 Å². The summed E-state index contributed by atoms with van der Waals surface area (Å²) in [4.78, 5) is 25.0. The van der Waals surface area contributed by atoms with Gasteiger partial charge in [-0.05, 0) is 56.1 Å². The summed E-state index contributed by atoms with van der Waals surface area (Å²) >= 11 is 0. The Bertz CT molecular complexity index is 1020.